The lowest BCUT2D eigenvalue weighted by atomic mass is 10.0. The minimum Gasteiger partial charge on any atom is -0.361 e. The first kappa shape index (κ1) is 12.4. The van der Waals surface area contributed by atoms with Crippen molar-refractivity contribution in [1.82, 2.24) is 10.1 Å². The van der Waals surface area contributed by atoms with Crippen LogP contribution in [-0.4, -0.2) is 23.1 Å². The second-order valence-electron chi connectivity index (χ2n) is 5.02. The van der Waals surface area contributed by atoms with Crippen LogP contribution >= 0.6 is 0 Å². The maximum Gasteiger partial charge on any atom is 0.142 e. The van der Waals surface area contributed by atoms with Crippen molar-refractivity contribution in [1.29, 1.82) is 0 Å². The fourth-order valence-electron chi connectivity index (χ4n) is 2.63. The molecule has 4 heteroatoms. The third kappa shape index (κ3) is 2.69. The SMILES string of the molecule is NCCc1onc2c1CN(Cc1ccccc1)CC2. The molecule has 0 atom stereocenters. The van der Waals surface area contributed by atoms with E-state index in [1.165, 1.54) is 11.1 Å². The summed E-state index contributed by atoms with van der Waals surface area (Å²) in [5.41, 5.74) is 9.33. The molecule has 1 aromatic heterocycles. The Bertz CT molecular complexity index is 536. The normalized spacial score (nSPS) is 15.4. The number of aromatic nitrogens is 1. The number of hydrogen-bond donors (Lipinski definition) is 1. The van der Waals surface area contributed by atoms with Crippen LogP contribution in [0.2, 0.25) is 0 Å². The van der Waals surface area contributed by atoms with Gasteiger partial charge in [0.2, 0.25) is 0 Å². The van der Waals surface area contributed by atoms with E-state index in [9.17, 15) is 0 Å². The number of benzene rings is 1. The summed E-state index contributed by atoms with van der Waals surface area (Å²) in [6.07, 6.45) is 1.75. The van der Waals surface area contributed by atoms with Crippen molar-refractivity contribution in [3.05, 3.63) is 52.9 Å². The van der Waals surface area contributed by atoms with Gasteiger partial charge >= 0.3 is 0 Å². The van der Waals surface area contributed by atoms with E-state index >= 15 is 0 Å². The number of hydrogen-bond acceptors (Lipinski definition) is 4. The van der Waals surface area contributed by atoms with Gasteiger partial charge in [-0.1, -0.05) is 35.5 Å². The predicted molar refractivity (Wildman–Crippen MR) is 73.5 cm³/mol. The van der Waals surface area contributed by atoms with E-state index in [1.54, 1.807) is 0 Å². The molecule has 3 rings (SSSR count). The number of fused-ring (bicyclic) bond motifs is 1. The minimum atomic E-state index is 0.611. The highest BCUT2D eigenvalue weighted by Gasteiger charge is 2.23. The molecule has 19 heavy (non-hydrogen) atoms. The average molecular weight is 257 g/mol. The van der Waals surface area contributed by atoms with Gasteiger partial charge in [0.05, 0.1) is 5.69 Å². The summed E-state index contributed by atoms with van der Waals surface area (Å²) >= 11 is 0. The van der Waals surface area contributed by atoms with Crippen LogP contribution in [0.25, 0.3) is 0 Å². The summed E-state index contributed by atoms with van der Waals surface area (Å²) in [6.45, 7) is 3.55. The molecule has 1 aliphatic rings. The Balaban J connectivity index is 1.72. The van der Waals surface area contributed by atoms with Crippen LogP contribution in [0.15, 0.2) is 34.9 Å². The molecule has 1 aliphatic heterocycles. The van der Waals surface area contributed by atoms with Gasteiger partial charge in [0, 0.05) is 38.0 Å². The zero-order chi connectivity index (χ0) is 13.1. The van der Waals surface area contributed by atoms with Crippen molar-refractivity contribution in [3.8, 4) is 0 Å². The van der Waals surface area contributed by atoms with Crippen LogP contribution in [0.5, 0.6) is 0 Å². The lowest BCUT2D eigenvalue weighted by Crippen LogP contribution is -2.30. The highest BCUT2D eigenvalue weighted by molar-refractivity contribution is 5.26. The van der Waals surface area contributed by atoms with Gasteiger partial charge in [-0.15, -0.1) is 0 Å². The highest BCUT2D eigenvalue weighted by Crippen LogP contribution is 2.23. The summed E-state index contributed by atoms with van der Waals surface area (Å²) in [7, 11) is 0. The molecule has 0 aliphatic carbocycles. The first-order chi connectivity index (χ1) is 9.36. The first-order valence-corrected chi connectivity index (χ1v) is 6.79. The molecule has 2 aromatic rings. The summed E-state index contributed by atoms with van der Waals surface area (Å²) in [5.74, 6) is 0.968. The molecular weight excluding hydrogens is 238 g/mol. The summed E-state index contributed by atoms with van der Waals surface area (Å²) in [6, 6.07) is 10.6. The smallest absolute Gasteiger partial charge is 0.142 e. The molecule has 2 heterocycles. The minimum absolute atomic E-state index is 0.611. The van der Waals surface area contributed by atoms with E-state index in [4.69, 9.17) is 10.3 Å². The van der Waals surface area contributed by atoms with Crippen LogP contribution in [-0.2, 0) is 25.9 Å². The van der Waals surface area contributed by atoms with Crippen LogP contribution in [0.1, 0.15) is 22.6 Å². The number of nitrogens with two attached hydrogens (primary N) is 1. The molecular formula is C15H19N3O. The molecule has 2 N–H and O–H groups in total. The lowest BCUT2D eigenvalue weighted by molar-refractivity contribution is 0.244. The van der Waals surface area contributed by atoms with Crippen LogP contribution in [0.3, 0.4) is 0 Å². The van der Waals surface area contributed by atoms with E-state index in [0.717, 1.165) is 43.9 Å². The monoisotopic (exact) mass is 257 g/mol. The van der Waals surface area contributed by atoms with Crippen molar-refractivity contribution >= 4 is 0 Å². The largest absolute Gasteiger partial charge is 0.361 e. The van der Waals surface area contributed by atoms with E-state index in [0.29, 0.717) is 6.54 Å². The summed E-state index contributed by atoms with van der Waals surface area (Å²) in [4.78, 5) is 2.44. The molecule has 0 saturated heterocycles. The van der Waals surface area contributed by atoms with E-state index < -0.39 is 0 Å². The maximum absolute atomic E-state index is 5.61. The summed E-state index contributed by atoms with van der Waals surface area (Å²) in [5, 5.41) is 4.16. The molecule has 100 valence electrons. The Morgan fingerprint density at radius 3 is 2.89 bits per heavy atom. The third-order valence-electron chi connectivity index (χ3n) is 3.62. The van der Waals surface area contributed by atoms with Gasteiger partial charge in [0.1, 0.15) is 5.76 Å². The van der Waals surface area contributed by atoms with Gasteiger partial charge in [-0.05, 0) is 12.1 Å². The van der Waals surface area contributed by atoms with Crippen LogP contribution in [0, 0.1) is 0 Å². The van der Waals surface area contributed by atoms with Crippen molar-refractivity contribution < 1.29 is 4.52 Å². The molecule has 4 nitrogen and oxygen atoms in total. The Labute approximate surface area is 113 Å². The van der Waals surface area contributed by atoms with E-state index in [-0.39, 0.29) is 0 Å². The zero-order valence-electron chi connectivity index (χ0n) is 11.0. The average Bonchev–Trinajstić information content (AvgIpc) is 2.83. The molecule has 0 unspecified atom stereocenters. The maximum atomic E-state index is 5.61. The number of nitrogens with zero attached hydrogens (tertiary/aromatic N) is 2. The van der Waals surface area contributed by atoms with Crippen molar-refractivity contribution in [2.75, 3.05) is 13.1 Å². The molecule has 0 saturated carbocycles. The summed E-state index contributed by atoms with van der Waals surface area (Å²) < 4.78 is 5.40. The first-order valence-electron chi connectivity index (χ1n) is 6.79. The van der Waals surface area contributed by atoms with Crippen molar-refractivity contribution in [3.63, 3.8) is 0 Å². The molecule has 1 aromatic carbocycles. The van der Waals surface area contributed by atoms with Gasteiger partial charge in [0.25, 0.3) is 0 Å². The molecule has 0 spiro atoms. The standard InChI is InChI=1S/C15H19N3O/c16-8-6-15-13-11-18(9-7-14(13)17-19-15)10-12-4-2-1-3-5-12/h1-5H,6-11,16H2. The van der Waals surface area contributed by atoms with Gasteiger partial charge in [-0.3, -0.25) is 4.90 Å². The van der Waals surface area contributed by atoms with Crippen LogP contribution in [0.4, 0.5) is 0 Å². The Kier molecular flexibility index (Phi) is 3.62. The quantitative estimate of drug-likeness (QED) is 0.906. The molecule has 0 radical (unpaired) electrons. The van der Waals surface area contributed by atoms with E-state index in [2.05, 4.69) is 40.4 Å². The topological polar surface area (TPSA) is 55.3 Å². The molecule has 0 bridgehead atoms. The Morgan fingerprint density at radius 1 is 1.26 bits per heavy atom. The van der Waals surface area contributed by atoms with Gasteiger partial charge in [-0.2, -0.15) is 0 Å². The number of rotatable bonds is 4. The Morgan fingerprint density at radius 2 is 2.11 bits per heavy atom. The Hall–Kier alpha value is -1.65. The fourth-order valence-corrected chi connectivity index (χ4v) is 2.63. The predicted octanol–water partition coefficient (Wildman–Crippen LogP) is 1.73. The van der Waals surface area contributed by atoms with E-state index in [1.807, 2.05) is 0 Å². The second-order valence-corrected chi connectivity index (χ2v) is 5.02. The zero-order valence-corrected chi connectivity index (χ0v) is 11.0. The van der Waals surface area contributed by atoms with Gasteiger partial charge in [0.15, 0.2) is 0 Å². The van der Waals surface area contributed by atoms with Gasteiger partial charge in [-0.25, -0.2) is 0 Å². The van der Waals surface area contributed by atoms with Crippen molar-refractivity contribution in [2.45, 2.75) is 25.9 Å². The highest BCUT2D eigenvalue weighted by atomic mass is 16.5. The second kappa shape index (κ2) is 5.55. The van der Waals surface area contributed by atoms with Crippen molar-refractivity contribution in [2.24, 2.45) is 5.73 Å². The lowest BCUT2D eigenvalue weighted by Gasteiger charge is -2.26. The third-order valence-corrected chi connectivity index (χ3v) is 3.62. The fraction of sp³-hybridized carbons (Fsp3) is 0.400. The van der Waals surface area contributed by atoms with Gasteiger partial charge < -0.3 is 10.3 Å². The molecule has 0 fully saturated rings. The molecule has 0 amide bonds. The van der Waals surface area contributed by atoms with Crippen LogP contribution < -0.4 is 5.73 Å².